The van der Waals surface area contributed by atoms with Crippen molar-refractivity contribution in [3.05, 3.63) is 29.3 Å². The van der Waals surface area contributed by atoms with Crippen LogP contribution in [0.1, 0.15) is 20.8 Å². The first-order chi connectivity index (χ1) is 8.78. The Morgan fingerprint density at radius 2 is 1.84 bits per heavy atom. The molecule has 19 heavy (non-hydrogen) atoms. The zero-order valence-corrected chi connectivity index (χ0v) is 12.0. The molecule has 5 nitrogen and oxygen atoms in total. The van der Waals surface area contributed by atoms with E-state index >= 15 is 0 Å². The van der Waals surface area contributed by atoms with Crippen LogP contribution in [0.25, 0.3) is 0 Å². The predicted octanol–water partition coefficient (Wildman–Crippen LogP) is 2.38. The second-order valence-corrected chi connectivity index (χ2v) is 5.49. The van der Waals surface area contributed by atoms with Gasteiger partial charge in [-0.2, -0.15) is 0 Å². The van der Waals surface area contributed by atoms with E-state index in [0.717, 1.165) is 0 Å². The van der Waals surface area contributed by atoms with Gasteiger partial charge in [0.1, 0.15) is 0 Å². The number of carbonyl (C=O) groups is 2. The molecule has 1 rings (SSSR count). The largest absolute Gasteiger partial charge is 0.375 e. The molecule has 6 heteroatoms. The summed E-state index contributed by atoms with van der Waals surface area (Å²) in [6, 6.07) is 6.56. The minimum absolute atomic E-state index is 0.0265. The van der Waals surface area contributed by atoms with E-state index in [-0.39, 0.29) is 12.1 Å². The number of urea groups is 1. The SMILES string of the molecule is CC(C)(C)NC(=O)NC(=O)CNc1ccccc1Cl. The normalized spacial score (nSPS) is 10.7. The molecule has 0 heterocycles. The number of nitrogens with one attached hydrogen (secondary N) is 3. The summed E-state index contributed by atoms with van der Waals surface area (Å²) >= 11 is 5.93. The first kappa shape index (κ1) is 15.3. The van der Waals surface area contributed by atoms with E-state index in [1.54, 1.807) is 24.3 Å². The maximum Gasteiger partial charge on any atom is 0.321 e. The maximum atomic E-state index is 11.5. The summed E-state index contributed by atoms with van der Waals surface area (Å²) in [6.07, 6.45) is 0. The average Bonchev–Trinajstić information content (AvgIpc) is 2.25. The molecule has 0 spiro atoms. The van der Waals surface area contributed by atoms with Gasteiger partial charge in [-0.1, -0.05) is 23.7 Å². The molecule has 0 saturated carbocycles. The van der Waals surface area contributed by atoms with Gasteiger partial charge in [0.2, 0.25) is 5.91 Å². The second-order valence-electron chi connectivity index (χ2n) is 5.09. The van der Waals surface area contributed by atoms with E-state index in [2.05, 4.69) is 16.0 Å². The van der Waals surface area contributed by atoms with E-state index in [0.29, 0.717) is 10.7 Å². The van der Waals surface area contributed by atoms with E-state index in [4.69, 9.17) is 11.6 Å². The lowest BCUT2D eigenvalue weighted by Gasteiger charge is -2.20. The smallest absolute Gasteiger partial charge is 0.321 e. The van der Waals surface area contributed by atoms with Crippen molar-refractivity contribution in [2.45, 2.75) is 26.3 Å². The summed E-state index contributed by atoms with van der Waals surface area (Å²) in [4.78, 5) is 23.0. The molecule has 104 valence electrons. The summed E-state index contributed by atoms with van der Waals surface area (Å²) in [5.74, 6) is -0.429. The van der Waals surface area contributed by atoms with Crippen LogP contribution in [0.5, 0.6) is 0 Å². The summed E-state index contributed by atoms with van der Waals surface area (Å²) < 4.78 is 0. The summed E-state index contributed by atoms with van der Waals surface area (Å²) in [6.45, 7) is 5.47. The van der Waals surface area contributed by atoms with Crippen LogP contribution in [-0.2, 0) is 4.79 Å². The lowest BCUT2D eigenvalue weighted by molar-refractivity contribution is -0.118. The number of rotatable bonds is 3. The minimum Gasteiger partial charge on any atom is -0.375 e. The van der Waals surface area contributed by atoms with Crippen LogP contribution in [0.4, 0.5) is 10.5 Å². The summed E-state index contributed by atoms with van der Waals surface area (Å²) in [5, 5.41) is 8.25. The van der Waals surface area contributed by atoms with Crippen molar-refractivity contribution >= 4 is 29.2 Å². The van der Waals surface area contributed by atoms with Crippen molar-refractivity contribution in [2.75, 3.05) is 11.9 Å². The van der Waals surface area contributed by atoms with Crippen LogP contribution in [0.2, 0.25) is 5.02 Å². The Balaban J connectivity index is 2.40. The summed E-state index contributed by atoms with van der Waals surface area (Å²) in [7, 11) is 0. The fourth-order valence-electron chi connectivity index (χ4n) is 1.32. The highest BCUT2D eigenvalue weighted by Gasteiger charge is 2.15. The van der Waals surface area contributed by atoms with Gasteiger partial charge in [-0.3, -0.25) is 10.1 Å². The number of carbonyl (C=O) groups excluding carboxylic acids is 2. The Bertz CT molecular complexity index is 469. The van der Waals surface area contributed by atoms with Gasteiger partial charge in [0, 0.05) is 5.54 Å². The average molecular weight is 284 g/mol. The number of imide groups is 1. The van der Waals surface area contributed by atoms with Crippen LogP contribution in [0.15, 0.2) is 24.3 Å². The van der Waals surface area contributed by atoms with Crippen LogP contribution in [0, 0.1) is 0 Å². The molecule has 0 saturated heterocycles. The molecule has 0 aromatic heterocycles. The van der Waals surface area contributed by atoms with Crippen molar-refractivity contribution in [2.24, 2.45) is 0 Å². The highest BCUT2D eigenvalue weighted by atomic mass is 35.5. The molecule has 1 aromatic rings. The first-order valence-corrected chi connectivity index (χ1v) is 6.26. The van der Waals surface area contributed by atoms with Gasteiger partial charge in [0.05, 0.1) is 17.3 Å². The van der Waals surface area contributed by atoms with Crippen LogP contribution >= 0.6 is 11.6 Å². The standard InChI is InChI=1S/C13H18ClN3O2/c1-13(2,3)17-12(19)16-11(18)8-15-10-7-5-4-6-9(10)14/h4-7,15H,8H2,1-3H3,(H2,16,17,18,19). The Morgan fingerprint density at radius 1 is 1.21 bits per heavy atom. The van der Waals surface area contributed by atoms with Gasteiger partial charge in [-0.25, -0.2) is 4.79 Å². The quantitative estimate of drug-likeness (QED) is 0.798. The molecular weight excluding hydrogens is 266 g/mol. The highest BCUT2D eigenvalue weighted by Crippen LogP contribution is 2.19. The predicted molar refractivity (Wildman–Crippen MR) is 76.4 cm³/mol. The van der Waals surface area contributed by atoms with Gasteiger partial charge >= 0.3 is 6.03 Å². The van der Waals surface area contributed by atoms with E-state index in [1.165, 1.54) is 0 Å². The number of hydrogen-bond donors (Lipinski definition) is 3. The number of halogens is 1. The van der Waals surface area contributed by atoms with Gasteiger partial charge in [0.15, 0.2) is 0 Å². The molecule has 0 aliphatic carbocycles. The lowest BCUT2D eigenvalue weighted by atomic mass is 10.1. The molecule has 0 bridgehead atoms. The molecule has 0 fully saturated rings. The van der Waals surface area contributed by atoms with Gasteiger partial charge in [-0.15, -0.1) is 0 Å². The number of amides is 3. The van der Waals surface area contributed by atoms with Gasteiger partial charge in [0.25, 0.3) is 0 Å². The topological polar surface area (TPSA) is 70.2 Å². The van der Waals surface area contributed by atoms with E-state index in [1.807, 2.05) is 20.8 Å². The Hall–Kier alpha value is -1.75. The number of hydrogen-bond acceptors (Lipinski definition) is 3. The molecule has 0 aliphatic heterocycles. The zero-order chi connectivity index (χ0) is 14.5. The zero-order valence-electron chi connectivity index (χ0n) is 11.2. The third-order valence-electron chi connectivity index (χ3n) is 2.05. The Kier molecular flexibility index (Phi) is 5.18. The fraction of sp³-hybridized carbons (Fsp3) is 0.385. The number of benzene rings is 1. The molecule has 0 atom stereocenters. The van der Waals surface area contributed by atoms with E-state index in [9.17, 15) is 9.59 Å². The van der Waals surface area contributed by atoms with Crippen molar-refractivity contribution in [1.82, 2.24) is 10.6 Å². The third kappa shape index (κ3) is 6.10. The van der Waals surface area contributed by atoms with Crippen LogP contribution < -0.4 is 16.0 Å². The summed E-state index contributed by atoms with van der Waals surface area (Å²) in [5.41, 5.74) is 0.260. The Morgan fingerprint density at radius 3 is 2.42 bits per heavy atom. The first-order valence-electron chi connectivity index (χ1n) is 5.88. The van der Waals surface area contributed by atoms with Crippen molar-refractivity contribution in [1.29, 1.82) is 0 Å². The van der Waals surface area contributed by atoms with Crippen molar-refractivity contribution < 1.29 is 9.59 Å². The number of para-hydroxylation sites is 1. The second kappa shape index (κ2) is 6.43. The molecular formula is C13H18ClN3O2. The van der Waals surface area contributed by atoms with Gasteiger partial charge < -0.3 is 10.6 Å². The monoisotopic (exact) mass is 283 g/mol. The minimum atomic E-state index is -0.515. The Labute approximate surface area is 117 Å². The molecule has 0 radical (unpaired) electrons. The van der Waals surface area contributed by atoms with Crippen LogP contribution in [0.3, 0.4) is 0 Å². The molecule has 1 aromatic carbocycles. The lowest BCUT2D eigenvalue weighted by Crippen LogP contribution is -2.49. The molecule has 0 unspecified atom stereocenters. The molecule has 3 amide bonds. The number of anilines is 1. The van der Waals surface area contributed by atoms with Gasteiger partial charge in [-0.05, 0) is 32.9 Å². The molecule has 0 aliphatic rings. The van der Waals surface area contributed by atoms with Crippen LogP contribution in [-0.4, -0.2) is 24.0 Å². The third-order valence-corrected chi connectivity index (χ3v) is 2.38. The van der Waals surface area contributed by atoms with Crippen molar-refractivity contribution in [3.8, 4) is 0 Å². The highest BCUT2D eigenvalue weighted by molar-refractivity contribution is 6.33. The fourth-order valence-corrected chi connectivity index (χ4v) is 1.53. The maximum absolute atomic E-state index is 11.5. The van der Waals surface area contributed by atoms with E-state index < -0.39 is 11.9 Å². The van der Waals surface area contributed by atoms with Crippen molar-refractivity contribution in [3.63, 3.8) is 0 Å². The molecule has 3 N–H and O–H groups in total.